The van der Waals surface area contributed by atoms with Crippen molar-refractivity contribution in [1.29, 1.82) is 0 Å². The number of rotatable bonds is 4. The van der Waals surface area contributed by atoms with Crippen LogP contribution in [0.2, 0.25) is 5.02 Å². The lowest BCUT2D eigenvalue weighted by atomic mass is 10.2. The van der Waals surface area contributed by atoms with Gasteiger partial charge in [-0.2, -0.15) is 0 Å². The van der Waals surface area contributed by atoms with Crippen molar-refractivity contribution < 1.29 is 19.2 Å². The monoisotopic (exact) mass is 282 g/mol. The van der Waals surface area contributed by atoms with E-state index in [0.29, 0.717) is 5.69 Å². The molecule has 1 amide bonds. The molecule has 0 aliphatic carbocycles. The van der Waals surface area contributed by atoms with Gasteiger partial charge in [-0.15, -0.1) is 0 Å². The first kappa shape index (κ1) is 13.2. The van der Waals surface area contributed by atoms with E-state index in [1.54, 1.807) is 6.07 Å². The van der Waals surface area contributed by atoms with E-state index in [9.17, 15) is 9.90 Å². The second kappa shape index (κ2) is 5.62. The summed E-state index contributed by atoms with van der Waals surface area (Å²) in [6, 6.07) is 4.40. The van der Waals surface area contributed by atoms with Gasteiger partial charge in [-0.1, -0.05) is 16.8 Å². The Balaban J connectivity index is 2.12. The van der Waals surface area contributed by atoms with Gasteiger partial charge >= 0.3 is 0 Å². The highest BCUT2D eigenvalue weighted by Crippen LogP contribution is 2.34. The second-order valence-corrected chi connectivity index (χ2v) is 4.09. The number of ether oxygens (including phenoxy) is 1. The van der Waals surface area contributed by atoms with Crippen LogP contribution in [-0.2, 0) is 6.54 Å². The molecular formula is C12H11ClN2O4. The fourth-order valence-electron chi connectivity index (χ4n) is 1.46. The van der Waals surface area contributed by atoms with Crippen molar-refractivity contribution in [3.8, 4) is 11.5 Å². The van der Waals surface area contributed by atoms with Gasteiger partial charge in [0.2, 0.25) is 0 Å². The second-order valence-electron chi connectivity index (χ2n) is 3.68. The van der Waals surface area contributed by atoms with Crippen molar-refractivity contribution >= 4 is 17.5 Å². The van der Waals surface area contributed by atoms with Crippen LogP contribution in [0, 0.1) is 0 Å². The number of phenolic OH excluding ortho intramolecular Hbond substituents is 1. The van der Waals surface area contributed by atoms with E-state index in [1.807, 2.05) is 0 Å². The maximum Gasteiger partial charge on any atom is 0.251 e. The Morgan fingerprint density at radius 2 is 2.37 bits per heavy atom. The lowest BCUT2D eigenvalue weighted by Gasteiger charge is -2.08. The average Bonchev–Trinajstić information content (AvgIpc) is 2.92. The number of nitrogens with one attached hydrogen (secondary N) is 1. The summed E-state index contributed by atoms with van der Waals surface area (Å²) in [4.78, 5) is 11.9. The highest BCUT2D eigenvalue weighted by Gasteiger charge is 2.14. The van der Waals surface area contributed by atoms with Crippen LogP contribution >= 0.6 is 11.6 Å². The van der Waals surface area contributed by atoms with Gasteiger partial charge in [-0.3, -0.25) is 4.79 Å². The van der Waals surface area contributed by atoms with Gasteiger partial charge in [-0.25, -0.2) is 0 Å². The van der Waals surface area contributed by atoms with Crippen LogP contribution in [0.5, 0.6) is 11.5 Å². The highest BCUT2D eigenvalue weighted by atomic mass is 35.5. The topological polar surface area (TPSA) is 84.6 Å². The normalized spacial score (nSPS) is 10.2. The number of carbonyl (C=O) groups is 1. The fraction of sp³-hybridized carbons (Fsp3) is 0.167. The number of amides is 1. The molecule has 1 heterocycles. The minimum absolute atomic E-state index is 0.0472. The van der Waals surface area contributed by atoms with Crippen LogP contribution in [0.3, 0.4) is 0 Å². The van der Waals surface area contributed by atoms with Crippen molar-refractivity contribution in [2.45, 2.75) is 6.54 Å². The lowest BCUT2D eigenvalue weighted by molar-refractivity contribution is 0.0949. The highest BCUT2D eigenvalue weighted by molar-refractivity contribution is 6.32. The van der Waals surface area contributed by atoms with Crippen LogP contribution in [0.4, 0.5) is 0 Å². The van der Waals surface area contributed by atoms with Gasteiger partial charge in [0.05, 0.1) is 18.7 Å². The molecule has 7 heteroatoms. The first-order chi connectivity index (χ1) is 9.11. The van der Waals surface area contributed by atoms with Crippen LogP contribution in [0.1, 0.15) is 16.1 Å². The van der Waals surface area contributed by atoms with Gasteiger partial charge in [0, 0.05) is 11.6 Å². The quantitative estimate of drug-likeness (QED) is 0.895. The Morgan fingerprint density at radius 3 is 3.00 bits per heavy atom. The minimum atomic E-state index is -0.358. The predicted octanol–water partition coefficient (Wildman–Crippen LogP) is 1.97. The molecule has 0 unspecified atom stereocenters. The van der Waals surface area contributed by atoms with Gasteiger partial charge < -0.3 is 19.7 Å². The van der Waals surface area contributed by atoms with E-state index >= 15 is 0 Å². The van der Waals surface area contributed by atoms with Gasteiger partial charge in [0.15, 0.2) is 11.5 Å². The number of phenols is 1. The third kappa shape index (κ3) is 2.97. The molecule has 2 aromatic rings. The van der Waals surface area contributed by atoms with Gasteiger partial charge in [-0.05, 0) is 12.1 Å². The zero-order valence-electron chi connectivity index (χ0n) is 10.0. The van der Waals surface area contributed by atoms with Crippen LogP contribution in [0.25, 0.3) is 0 Å². The fourth-order valence-corrected chi connectivity index (χ4v) is 1.67. The third-order valence-electron chi connectivity index (χ3n) is 2.43. The Kier molecular flexibility index (Phi) is 3.91. The molecular weight excluding hydrogens is 272 g/mol. The Hall–Kier alpha value is -2.21. The summed E-state index contributed by atoms with van der Waals surface area (Å²) in [5, 5.41) is 15.9. The van der Waals surface area contributed by atoms with Crippen molar-refractivity contribution in [3.05, 3.63) is 40.7 Å². The zero-order chi connectivity index (χ0) is 13.8. The van der Waals surface area contributed by atoms with Crippen LogP contribution in [0.15, 0.2) is 29.0 Å². The summed E-state index contributed by atoms with van der Waals surface area (Å²) in [6.45, 7) is 0.232. The summed E-state index contributed by atoms with van der Waals surface area (Å²) in [6.07, 6.45) is 1.42. The summed E-state index contributed by atoms with van der Waals surface area (Å²) in [5.74, 6) is -0.417. The molecule has 2 N–H and O–H groups in total. The Bertz CT molecular complexity index is 584. The lowest BCUT2D eigenvalue weighted by Crippen LogP contribution is -2.23. The number of aromatic nitrogens is 1. The third-order valence-corrected chi connectivity index (χ3v) is 2.72. The number of hydrogen-bond acceptors (Lipinski definition) is 5. The molecule has 0 bridgehead atoms. The molecule has 0 saturated carbocycles. The minimum Gasteiger partial charge on any atom is -0.503 e. The SMILES string of the molecule is COc1cc(C(=O)NCc2ccon2)cc(Cl)c1O. The van der Waals surface area contributed by atoms with Gasteiger partial charge in [0.1, 0.15) is 12.0 Å². The molecule has 1 aromatic carbocycles. The first-order valence-corrected chi connectivity index (χ1v) is 5.73. The summed E-state index contributed by atoms with van der Waals surface area (Å²) in [7, 11) is 1.38. The van der Waals surface area contributed by atoms with E-state index in [1.165, 1.54) is 25.5 Å². The van der Waals surface area contributed by atoms with Crippen molar-refractivity contribution in [1.82, 2.24) is 10.5 Å². The van der Waals surface area contributed by atoms with Crippen LogP contribution in [-0.4, -0.2) is 23.3 Å². The molecule has 6 nitrogen and oxygen atoms in total. The number of carbonyl (C=O) groups excluding carboxylic acids is 1. The average molecular weight is 283 g/mol. The first-order valence-electron chi connectivity index (χ1n) is 5.35. The van der Waals surface area contributed by atoms with Gasteiger partial charge in [0.25, 0.3) is 5.91 Å². The van der Waals surface area contributed by atoms with E-state index in [2.05, 4.69) is 15.0 Å². The van der Waals surface area contributed by atoms with E-state index in [-0.39, 0.29) is 34.5 Å². The van der Waals surface area contributed by atoms with E-state index in [0.717, 1.165) is 0 Å². The molecule has 0 aliphatic rings. The summed E-state index contributed by atoms with van der Waals surface area (Å²) < 4.78 is 9.57. The number of hydrogen-bond donors (Lipinski definition) is 2. The zero-order valence-corrected chi connectivity index (χ0v) is 10.8. The largest absolute Gasteiger partial charge is 0.503 e. The smallest absolute Gasteiger partial charge is 0.251 e. The number of benzene rings is 1. The predicted molar refractivity (Wildman–Crippen MR) is 67.3 cm³/mol. The number of nitrogens with zero attached hydrogens (tertiary/aromatic N) is 1. The maximum atomic E-state index is 11.9. The van der Waals surface area contributed by atoms with Crippen molar-refractivity contribution in [2.24, 2.45) is 0 Å². The number of halogens is 1. The standard InChI is InChI=1S/C12H11ClN2O4/c1-18-10-5-7(4-9(13)11(10)16)12(17)14-6-8-2-3-19-15-8/h2-5,16H,6H2,1H3,(H,14,17). The molecule has 0 fully saturated rings. The molecule has 2 rings (SSSR count). The van der Waals surface area contributed by atoms with E-state index < -0.39 is 0 Å². The molecule has 0 spiro atoms. The van der Waals surface area contributed by atoms with Crippen LogP contribution < -0.4 is 10.1 Å². The molecule has 0 aliphatic heterocycles. The maximum absolute atomic E-state index is 11.9. The molecule has 100 valence electrons. The molecule has 1 aromatic heterocycles. The Morgan fingerprint density at radius 1 is 1.58 bits per heavy atom. The molecule has 19 heavy (non-hydrogen) atoms. The van der Waals surface area contributed by atoms with Crippen molar-refractivity contribution in [3.63, 3.8) is 0 Å². The van der Waals surface area contributed by atoms with Crippen molar-refractivity contribution in [2.75, 3.05) is 7.11 Å². The molecule has 0 atom stereocenters. The molecule has 0 radical (unpaired) electrons. The Labute approximate surface area is 113 Å². The van der Waals surface area contributed by atoms with E-state index in [4.69, 9.17) is 16.3 Å². The summed E-state index contributed by atoms with van der Waals surface area (Å²) >= 11 is 5.80. The number of methoxy groups -OCH3 is 1. The summed E-state index contributed by atoms with van der Waals surface area (Å²) in [5.41, 5.74) is 0.883. The molecule has 0 saturated heterocycles. The number of aromatic hydroxyl groups is 1.